The van der Waals surface area contributed by atoms with E-state index in [4.69, 9.17) is 5.11 Å². The van der Waals surface area contributed by atoms with E-state index < -0.39 is 12.0 Å². The summed E-state index contributed by atoms with van der Waals surface area (Å²) in [6.07, 6.45) is 4.48. The van der Waals surface area contributed by atoms with Gasteiger partial charge >= 0.3 is 12.0 Å². The predicted octanol–water partition coefficient (Wildman–Crippen LogP) is 0.776. The van der Waals surface area contributed by atoms with Crippen LogP contribution in [0.4, 0.5) is 4.79 Å². The quantitative estimate of drug-likeness (QED) is 0.689. The van der Waals surface area contributed by atoms with Crippen LogP contribution in [0.15, 0.2) is 0 Å². The number of nitrogens with one attached hydrogen (secondary N) is 2. The summed E-state index contributed by atoms with van der Waals surface area (Å²) >= 11 is 0. The Bertz CT molecular complexity index is 348. The lowest BCUT2D eigenvalue weighted by Gasteiger charge is -2.22. The van der Waals surface area contributed by atoms with Gasteiger partial charge in [0.05, 0.1) is 0 Å². The van der Waals surface area contributed by atoms with E-state index in [0.29, 0.717) is 12.5 Å². The molecule has 6 heteroatoms. The Kier molecular flexibility index (Phi) is 4.63. The number of hydrogen-bond donors (Lipinski definition) is 3. The third-order valence-corrected chi connectivity index (χ3v) is 4.10. The summed E-state index contributed by atoms with van der Waals surface area (Å²) in [6, 6.07) is -0.524. The summed E-state index contributed by atoms with van der Waals surface area (Å²) in [5.41, 5.74) is 0. The molecule has 0 aromatic carbocycles. The first kappa shape index (κ1) is 14.1. The van der Waals surface area contributed by atoms with E-state index in [2.05, 4.69) is 15.5 Å². The zero-order chi connectivity index (χ0) is 13.8. The van der Waals surface area contributed by atoms with E-state index in [9.17, 15) is 9.59 Å². The number of carbonyl (C=O) groups excluding carboxylic acids is 1. The molecule has 0 saturated carbocycles. The maximum Gasteiger partial charge on any atom is 0.326 e. The largest absolute Gasteiger partial charge is 0.480 e. The van der Waals surface area contributed by atoms with Gasteiger partial charge in [-0.15, -0.1) is 0 Å². The molecule has 6 nitrogen and oxygen atoms in total. The Morgan fingerprint density at radius 1 is 1.37 bits per heavy atom. The summed E-state index contributed by atoms with van der Waals surface area (Å²) in [4.78, 5) is 25.3. The van der Waals surface area contributed by atoms with Crippen molar-refractivity contribution < 1.29 is 14.7 Å². The number of fused-ring (bicyclic) bond motifs is 1. The SMILES string of the molecule is CCC[C@@H](NC(=O)NC1CCN2CCCC12)C(=O)O. The molecule has 0 bridgehead atoms. The van der Waals surface area contributed by atoms with Crippen molar-refractivity contribution in [1.29, 1.82) is 0 Å². The Morgan fingerprint density at radius 3 is 2.84 bits per heavy atom. The average Bonchev–Trinajstić information content (AvgIpc) is 2.93. The maximum absolute atomic E-state index is 11.9. The van der Waals surface area contributed by atoms with E-state index in [0.717, 1.165) is 32.4 Å². The van der Waals surface area contributed by atoms with E-state index >= 15 is 0 Å². The fourth-order valence-corrected chi connectivity index (χ4v) is 3.17. The molecule has 2 fully saturated rings. The van der Waals surface area contributed by atoms with Crippen molar-refractivity contribution in [2.24, 2.45) is 0 Å². The maximum atomic E-state index is 11.9. The van der Waals surface area contributed by atoms with Gasteiger partial charge in [-0.2, -0.15) is 0 Å². The molecule has 3 N–H and O–H groups in total. The minimum atomic E-state index is -0.967. The summed E-state index contributed by atoms with van der Waals surface area (Å²) in [5, 5.41) is 14.5. The molecule has 0 aromatic rings. The molecular formula is C13H23N3O3. The predicted molar refractivity (Wildman–Crippen MR) is 71.0 cm³/mol. The van der Waals surface area contributed by atoms with Crippen LogP contribution < -0.4 is 10.6 Å². The molecule has 0 aromatic heterocycles. The van der Waals surface area contributed by atoms with Crippen LogP contribution in [0.2, 0.25) is 0 Å². The number of urea groups is 1. The molecule has 0 radical (unpaired) electrons. The molecule has 2 heterocycles. The molecule has 2 aliphatic rings. The van der Waals surface area contributed by atoms with Crippen LogP contribution in [0.25, 0.3) is 0 Å². The van der Waals surface area contributed by atoms with E-state index in [-0.39, 0.29) is 12.1 Å². The van der Waals surface area contributed by atoms with E-state index in [1.807, 2.05) is 6.92 Å². The highest BCUT2D eigenvalue weighted by Gasteiger charge is 2.38. The molecule has 2 amide bonds. The first-order valence-electron chi connectivity index (χ1n) is 7.15. The van der Waals surface area contributed by atoms with Crippen LogP contribution in [0, 0.1) is 0 Å². The first-order valence-corrected chi connectivity index (χ1v) is 7.15. The van der Waals surface area contributed by atoms with Crippen LogP contribution >= 0.6 is 0 Å². The smallest absolute Gasteiger partial charge is 0.326 e. The molecule has 0 spiro atoms. The summed E-state index contributed by atoms with van der Waals surface area (Å²) < 4.78 is 0. The number of rotatable bonds is 5. The Hall–Kier alpha value is -1.30. The van der Waals surface area contributed by atoms with Crippen molar-refractivity contribution in [1.82, 2.24) is 15.5 Å². The van der Waals surface area contributed by atoms with E-state index in [1.165, 1.54) is 6.42 Å². The van der Waals surface area contributed by atoms with Gasteiger partial charge in [0, 0.05) is 18.6 Å². The topological polar surface area (TPSA) is 81.7 Å². The van der Waals surface area contributed by atoms with Crippen LogP contribution in [0.5, 0.6) is 0 Å². The highest BCUT2D eigenvalue weighted by molar-refractivity contribution is 5.82. The van der Waals surface area contributed by atoms with Crippen molar-refractivity contribution in [3.63, 3.8) is 0 Å². The zero-order valence-corrected chi connectivity index (χ0v) is 11.4. The van der Waals surface area contributed by atoms with Gasteiger partial charge in [-0.05, 0) is 32.2 Å². The van der Waals surface area contributed by atoms with Gasteiger partial charge in [0.1, 0.15) is 6.04 Å². The highest BCUT2D eigenvalue weighted by Crippen LogP contribution is 2.27. The standard InChI is InChI=1S/C13H23N3O3/c1-2-4-10(12(17)18)15-13(19)14-9-6-8-16-7-3-5-11(9)16/h9-11H,2-8H2,1H3,(H,17,18)(H2,14,15,19)/t9?,10-,11?/m1/s1. The molecule has 19 heavy (non-hydrogen) atoms. The lowest BCUT2D eigenvalue weighted by Crippen LogP contribution is -2.51. The Balaban J connectivity index is 1.82. The third kappa shape index (κ3) is 3.37. The zero-order valence-electron chi connectivity index (χ0n) is 11.4. The van der Waals surface area contributed by atoms with Crippen LogP contribution in [0.1, 0.15) is 39.0 Å². The highest BCUT2D eigenvalue weighted by atomic mass is 16.4. The van der Waals surface area contributed by atoms with Gasteiger partial charge in [0.2, 0.25) is 0 Å². The second kappa shape index (κ2) is 6.23. The number of nitrogens with zero attached hydrogens (tertiary/aromatic N) is 1. The summed E-state index contributed by atoms with van der Waals surface area (Å²) in [6.45, 7) is 4.06. The fourth-order valence-electron chi connectivity index (χ4n) is 3.17. The van der Waals surface area contributed by atoms with E-state index in [1.54, 1.807) is 0 Å². The molecular weight excluding hydrogens is 246 g/mol. The second-order valence-corrected chi connectivity index (χ2v) is 5.44. The number of hydrogen-bond acceptors (Lipinski definition) is 3. The number of carboxylic acid groups (broad SMARTS) is 1. The van der Waals surface area contributed by atoms with Crippen molar-refractivity contribution in [2.45, 2.75) is 57.2 Å². The number of aliphatic carboxylic acids is 1. The molecule has 2 aliphatic heterocycles. The number of amides is 2. The summed E-state index contributed by atoms with van der Waals surface area (Å²) in [5.74, 6) is -0.967. The van der Waals surface area contributed by atoms with Crippen molar-refractivity contribution in [3.05, 3.63) is 0 Å². The third-order valence-electron chi connectivity index (χ3n) is 4.10. The van der Waals surface area contributed by atoms with Crippen LogP contribution in [0.3, 0.4) is 0 Å². The van der Waals surface area contributed by atoms with Crippen molar-refractivity contribution in [3.8, 4) is 0 Å². The minimum Gasteiger partial charge on any atom is -0.480 e. The number of carbonyl (C=O) groups is 2. The second-order valence-electron chi connectivity index (χ2n) is 5.44. The molecule has 2 saturated heterocycles. The fraction of sp³-hybridized carbons (Fsp3) is 0.846. The number of carboxylic acids is 1. The van der Waals surface area contributed by atoms with Gasteiger partial charge in [0.15, 0.2) is 0 Å². The molecule has 2 rings (SSSR count). The molecule has 2 unspecified atom stereocenters. The van der Waals surface area contributed by atoms with Crippen molar-refractivity contribution in [2.75, 3.05) is 13.1 Å². The monoisotopic (exact) mass is 269 g/mol. The molecule has 0 aliphatic carbocycles. The van der Waals surface area contributed by atoms with Gasteiger partial charge in [0.25, 0.3) is 0 Å². The summed E-state index contributed by atoms with van der Waals surface area (Å²) in [7, 11) is 0. The van der Waals surface area contributed by atoms with Gasteiger partial charge in [-0.25, -0.2) is 9.59 Å². The Morgan fingerprint density at radius 2 is 2.16 bits per heavy atom. The van der Waals surface area contributed by atoms with Crippen LogP contribution in [-0.2, 0) is 4.79 Å². The van der Waals surface area contributed by atoms with Gasteiger partial charge in [-0.3, -0.25) is 4.90 Å². The normalized spacial score (nSPS) is 27.8. The van der Waals surface area contributed by atoms with Gasteiger partial charge in [-0.1, -0.05) is 13.3 Å². The lowest BCUT2D eigenvalue weighted by atomic mass is 10.1. The minimum absolute atomic E-state index is 0.165. The molecule has 3 atom stereocenters. The first-order chi connectivity index (χ1) is 9.11. The molecule has 108 valence electrons. The lowest BCUT2D eigenvalue weighted by molar-refractivity contribution is -0.139. The average molecular weight is 269 g/mol. The van der Waals surface area contributed by atoms with Crippen LogP contribution in [-0.4, -0.2) is 53.2 Å². The van der Waals surface area contributed by atoms with Crippen molar-refractivity contribution >= 4 is 12.0 Å². The van der Waals surface area contributed by atoms with Gasteiger partial charge < -0.3 is 15.7 Å². The Labute approximate surface area is 113 Å².